The van der Waals surface area contributed by atoms with Gasteiger partial charge in [-0.15, -0.1) is 0 Å². The van der Waals surface area contributed by atoms with E-state index in [-0.39, 0.29) is 4.83 Å². The second kappa shape index (κ2) is 5.05. The minimum absolute atomic E-state index is 0.202. The Labute approximate surface area is 118 Å². The molecule has 2 rings (SSSR count). The Morgan fingerprint density at radius 1 is 1.25 bits per heavy atom. The highest BCUT2D eigenvalue weighted by Crippen LogP contribution is 2.44. The van der Waals surface area contributed by atoms with Crippen molar-refractivity contribution in [2.45, 2.75) is 40.7 Å². The van der Waals surface area contributed by atoms with Crippen molar-refractivity contribution in [1.29, 1.82) is 0 Å². The summed E-state index contributed by atoms with van der Waals surface area (Å²) in [6.45, 7) is 0. The van der Waals surface area contributed by atoms with Gasteiger partial charge in [-0.3, -0.25) is 0 Å². The molecule has 0 amide bonds. The summed E-state index contributed by atoms with van der Waals surface area (Å²) in [7, 11) is 0. The summed E-state index contributed by atoms with van der Waals surface area (Å²) in [6, 6.07) is 0. The van der Waals surface area contributed by atoms with Crippen LogP contribution in [0.5, 0.6) is 0 Å². The molecular formula is C10H11BrCl3NO. The minimum Gasteiger partial charge on any atom is -0.356 e. The Morgan fingerprint density at radius 2 is 2.00 bits per heavy atom. The minimum atomic E-state index is -1.52. The third kappa shape index (κ3) is 2.69. The maximum absolute atomic E-state index is 5.86. The third-order valence-electron chi connectivity index (χ3n) is 2.76. The first-order valence-corrected chi connectivity index (χ1v) is 7.25. The van der Waals surface area contributed by atoms with Gasteiger partial charge in [0.05, 0.1) is 4.83 Å². The first kappa shape index (κ1) is 13.0. The van der Waals surface area contributed by atoms with Gasteiger partial charge >= 0.3 is 0 Å². The van der Waals surface area contributed by atoms with Gasteiger partial charge in [0.1, 0.15) is 5.69 Å². The summed E-state index contributed by atoms with van der Waals surface area (Å²) in [5, 5.41) is 4.03. The lowest BCUT2D eigenvalue weighted by molar-refractivity contribution is 0.379. The lowest BCUT2D eigenvalue weighted by Gasteiger charge is -2.15. The Kier molecular flexibility index (Phi) is 4.10. The van der Waals surface area contributed by atoms with Gasteiger partial charge in [0.15, 0.2) is 5.76 Å². The Balaban J connectivity index is 2.41. The number of rotatable bonds is 0. The molecular weight excluding hydrogens is 336 g/mol. The number of aromatic nitrogens is 1. The first-order valence-electron chi connectivity index (χ1n) is 5.20. The highest BCUT2D eigenvalue weighted by Gasteiger charge is 2.35. The average Bonchev–Trinajstić information content (AvgIpc) is 2.56. The molecule has 0 aromatic carbocycles. The quantitative estimate of drug-likeness (QED) is 0.614. The van der Waals surface area contributed by atoms with Crippen molar-refractivity contribution in [3.05, 3.63) is 17.0 Å². The van der Waals surface area contributed by atoms with Crippen LogP contribution in [0.4, 0.5) is 0 Å². The van der Waals surface area contributed by atoms with E-state index >= 15 is 0 Å². The summed E-state index contributed by atoms with van der Waals surface area (Å²) in [4.78, 5) is 0.202. The zero-order chi connectivity index (χ0) is 11.8. The predicted octanol–water partition coefficient (Wildman–Crippen LogP) is 5.05. The van der Waals surface area contributed by atoms with Gasteiger partial charge in [0.25, 0.3) is 3.79 Å². The molecule has 6 heteroatoms. The predicted molar refractivity (Wildman–Crippen MR) is 69.6 cm³/mol. The molecule has 0 radical (unpaired) electrons. The van der Waals surface area contributed by atoms with Gasteiger partial charge < -0.3 is 4.52 Å². The number of hydrogen-bond acceptors (Lipinski definition) is 2. The molecule has 2 nitrogen and oxygen atoms in total. The molecule has 1 atom stereocenters. The molecule has 0 saturated carbocycles. The van der Waals surface area contributed by atoms with Crippen molar-refractivity contribution in [1.82, 2.24) is 5.16 Å². The average molecular weight is 347 g/mol. The van der Waals surface area contributed by atoms with Gasteiger partial charge in [0, 0.05) is 5.56 Å². The van der Waals surface area contributed by atoms with E-state index in [1.165, 1.54) is 12.8 Å². The molecule has 1 unspecified atom stereocenters. The van der Waals surface area contributed by atoms with Crippen LogP contribution in [0.25, 0.3) is 0 Å². The van der Waals surface area contributed by atoms with E-state index in [1.807, 2.05) is 0 Å². The van der Waals surface area contributed by atoms with Gasteiger partial charge in [-0.25, -0.2) is 0 Å². The summed E-state index contributed by atoms with van der Waals surface area (Å²) >= 11 is 21.2. The van der Waals surface area contributed by atoms with Crippen molar-refractivity contribution >= 4 is 50.7 Å². The number of alkyl halides is 4. The van der Waals surface area contributed by atoms with Crippen molar-refractivity contribution in [3.8, 4) is 0 Å². The topological polar surface area (TPSA) is 26.0 Å². The maximum atomic E-state index is 5.86. The van der Waals surface area contributed by atoms with Gasteiger partial charge in [-0.05, 0) is 19.3 Å². The molecule has 0 aliphatic heterocycles. The zero-order valence-corrected chi connectivity index (χ0v) is 12.3. The smallest absolute Gasteiger partial charge is 0.251 e. The van der Waals surface area contributed by atoms with Crippen molar-refractivity contribution in [3.63, 3.8) is 0 Å². The SMILES string of the molecule is ClC(Cl)(Cl)c1onc2c1CCCCCC2Br. The van der Waals surface area contributed by atoms with Gasteiger partial charge in [-0.2, -0.15) is 0 Å². The first-order chi connectivity index (χ1) is 7.50. The van der Waals surface area contributed by atoms with E-state index in [0.29, 0.717) is 5.76 Å². The normalized spacial score (nSPS) is 22.4. The molecule has 0 spiro atoms. The van der Waals surface area contributed by atoms with E-state index in [2.05, 4.69) is 21.1 Å². The fourth-order valence-corrected chi connectivity index (χ4v) is 3.10. The summed E-state index contributed by atoms with van der Waals surface area (Å²) in [6.07, 6.45) is 5.36. The number of fused-ring (bicyclic) bond motifs is 1. The Morgan fingerprint density at radius 3 is 2.69 bits per heavy atom. The van der Waals surface area contributed by atoms with Crippen molar-refractivity contribution in [2.24, 2.45) is 0 Å². The standard InChI is InChI=1S/C10H11BrCl3NO/c11-7-5-3-1-2-4-6-8(7)15-16-9(6)10(12,13)14/h7H,1-5H2. The van der Waals surface area contributed by atoms with Crippen LogP contribution in [0.1, 0.15) is 47.5 Å². The van der Waals surface area contributed by atoms with Crippen molar-refractivity contribution in [2.75, 3.05) is 0 Å². The lowest BCUT2D eigenvalue weighted by Crippen LogP contribution is -2.06. The monoisotopic (exact) mass is 345 g/mol. The maximum Gasteiger partial charge on any atom is 0.251 e. The zero-order valence-electron chi connectivity index (χ0n) is 8.48. The highest BCUT2D eigenvalue weighted by molar-refractivity contribution is 9.09. The van der Waals surface area contributed by atoms with E-state index < -0.39 is 3.79 Å². The summed E-state index contributed by atoms with van der Waals surface area (Å²) < 4.78 is 3.67. The second-order valence-corrected chi connectivity index (χ2v) is 7.33. The fourth-order valence-electron chi connectivity index (χ4n) is 1.97. The number of hydrogen-bond donors (Lipinski definition) is 0. The molecule has 0 bridgehead atoms. The van der Waals surface area contributed by atoms with E-state index in [4.69, 9.17) is 39.3 Å². The van der Waals surface area contributed by atoms with Crippen LogP contribution in [-0.2, 0) is 10.2 Å². The largest absolute Gasteiger partial charge is 0.356 e. The van der Waals surface area contributed by atoms with E-state index in [9.17, 15) is 0 Å². The third-order valence-corrected chi connectivity index (χ3v) is 4.16. The molecule has 1 aliphatic carbocycles. The number of nitrogens with zero attached hydrogens (tertiary/aromatic N) is 1. The molecule has 0 fully saturated rings. The van der Waals surface area contributed by atoms with Crippen LogP contribution < -0.4 is 0 Å². The summed E-state index contributed by atoms with van der Waals surface area (Å²) in [5.74, 6) is 0.374. The molecule has 1 aromatic heterocycles. The van der Waals surface area contributed by atoms with Gasteiger partial charge in [0.2, 0.25) is 0 Å². The molecule has 0 N–H and O–H groups in total. The van der Waals surface area contributed by atoms with E-state index in [0.717, 1.165) is 30.5 Å². The van der Waals surface area contributed by atoms with Crippen LogP contribution in [0.15, 0.2) is 4.52 Å². The van der Waals surface area contributed by atoms with Crippen LogP contribution >= 0.6 is 50.7 Å². The second-order valence-electron chi connectivity index (χ2n) is 3.94. The Bertz CT molecular complexity index is 375. The molecule has 1 aromatic rings. The van der Waals surface area contributed by atoms with E-state index in [1.54, 1.807) is 0 Å². The van der Waals surface area contributed by atoms with Crippen LogP contribution in [0, 0.1) is 0 Å². The molecule has 90 valence electrons. The highest BCUT2D eigenvalue weighted by atomic mass is 79.9. The van der Waals surface area contributed by atoms with Crippen LogP contribution in [-0.4, -0.2) is 5.16 Å². The summed E-state index contributed by atoms with van der Waals surface area (Å²) in [5.41, 5.74) is 1.85. The Hall–Kier alpha value is 0.560. The molecule has 16 heavy (non-hydrogen) atoms. The number of halogens is 4. The fraction of sp³-hybridized carbons (Fsp3) is 0.700. The van der Waals surface area contributed by atoms with Crippen LogP contribution in [0.2, 0.25) is 0 Å². The molecule has 1 heterocycles. The van der Waals surface area contributed by atoms with Gasteiger partial charge in [-0.1, -0.05) is 68.7 Å². The molecule has 1 aliphatic rings. The lowest BCUT2D eigenvalue weighted by atomic mass is 9.97. The van der Waals surface area contributed by atoms with Crippen LogP contribution in [0.3, 0.4) is 0 Å². The molecule has 0 saturated heterocycles. The van der Waals surface area contributed by atoms with Crippen molar-refractivity contribution < 1.29 is 4.52 Å².